The maximum absolute atomic E-state index is 6.94. The first-order chi connectivity index (χ1) is 31.5. The molecule has 0 unspecified atom stereocenters. The molecule has 1 heterocycles. The fraction of sp³-hybridized carbons (Fsp3) is 0.0492. The van der Waals surface area contributed by atoms with Crippen LogP contribution in [-0.4, -0.2) is 0 Å². The number of para-hydroxylation sites is 2. The quantitative estimate of drug-likeness (QED) is 0.152. The SMILES string of the molecule is CC1(C)c2ccccc2-c2ccc(N(c3ccc(-c4ccc(-c5ccccc5)cc4)cc3)c3ccc4c5c(cccc35)-c3ccc(N(c5ccccc5)c5ccccc5)cc3O4)cc21. The van der Waals surface area contributed by atoms with Gasteiger partial charge in [-0.25, -0.2) is 0 Å². The molecule has 10 aromatic rings. The monoisotopic (exact) mass is 820 g/mol. The number of hydrogen-bond donors (Lipinski definition) is 0. The summed E-state index contributed by atoms with van der Waals surface area (Å²) in [5.41, 5.74) is 18.7. The van der Waals surface area contributed by atoms with E-state index in [0.29, 0.717) is 0 Å². The molecule has 0 saturated carbocycles. The van der Waals surface area contributed by atoms with E-state index >= 15 is 0 Å². The van der Waals surface area contributed by atoms with Gasteiger partial charge in [-0.2, -0.15) is 0 Å². The highest BCUT2D eigenvalue weighted by atomic mass is 16.5. The van der Waals surface area contributed by atoms with Gasteiger partial charge in [0.25, 0.3) is 0 Å². The highest BCUT2D eigenvalue weighted by molar-refractivity contribution is 6.11. The molecule has 64 heavy (non-hydrogen) atoms. The summed E-state index contributed by atoms with van der Waals surface area (Å²) in [7, 11) is 0. The van der Waals surface area contributed by atoms with Gasteiger partial charge in [0.2, 0.25) is 0 Å². The van der Waals surface area contributed by atoms with Crippen LogP contribution in [0.1, 0.15) is 25.0 Å². The predicted octanol–water partition coefficient (Wildman–Crippen LogP) is 17.2. The van der Waals surface area contributed by atoms with Crippen molar-refractivity contribution in [3.63, 3.8) is 0 Å². The van der Waals surface area contributed by atoms with Crippen molar-refractivity contribution in [1.82, 2.24) is 0 Å². The van der Waals surface area contributed by atoms with Gasteiger partial charge >= 0.3 is 0 Å². The lowest BCUT2D eigenvalue weighted by Gasteiger charge is -2.31. The average molecular weight is 821 g/mol. The smallest absolute Gasteiger partial charge is 0.137 e. The fourth-order valence-corrected chi connectivity index (χ4v) is 10.1. The molecule has 1 aliphatic heterocycles. The van der Waals surface area contributed by atoms with Gasteiger partial charge in [0, 0.05) is 56.3 Å². The molecule has 0 spiro atoms. The lowest BCUT2D eigenvalue weighted by atomic mass is 9.82. The minimum atomic E-state index is -0.143. The van der Waals surface area contributed by atoms with Crippen LogP contribution in [0.4, 0.5) is 34.1 Å². The Labute approximate surface area is 374 Å². The molecule has 0 atom stereocenters. The van der Waals surface area contributed by atoms with E-state index in [9.17, 15) is 0 Å². The molecule has 0 radical (unpaired) electrons. The number of rotatable bonds is 8. The summed E-state index contributed by atoms with van der Waals surface area (Å²) >= 11 is 0. The summed E-state index contributed by atoms with van der Waals surface area (Å²) in [5.74, 6) is 1.69. The lowest BCUT2D eigenvalue weighted by Crippen LogP contribution is -2.16. The number of benzene rings is 10. The lowest BCUT2D eigenvalue weighted by molar-refractivity contribution is 0.487. The molecule has 3 heteroatoms. The van der Waals surface area contributed by atoms with Crippen LogP contribution < -0.4 is 14.5 Å². The number of nitrogens with zero attached hydrogens (tertiary/aromatic N) is 2. The number of hydrogen-bond acceptors (Lipinski definition) is 3. The molecule has 12 rings (SSSR count). The van der Waals surface area contributed by atoms with E-state index in [1.165, 1.54) is 44.5 Å². The highest BCUT2D eigenvalue weighted by Crippen LogP contribution is 2.54. The Morgan fingerprint density at radius 3 is 1.50 bits per heavy atom. The molecule has 304 valence electrons. The van der Waals surface area contributed by atoms with Crippen molar-refractivity contribution in [1.29, 1.82) is 0 Å². The minimum absolute atomic E-state index is 0.143. The van der Waals surface area contributed by atoms with Gasteiger partial charge in [-0.15, -0.1) is 0 Å². The molecule has 1 aliphatic carbocycles. The van der Waals surface area contributed by atoms with Crippen LogP contribution >= 0.6 is 0 Å². The molecule has 2 aliphatic rings. The van der Waals surface area contributed by atoms with Gasteiger partial charge in [0.15, 0.2) is 0 Å². The van der Waals surface area contributed by atoms with Crippen LogP contribution in [0.15, 0.2) is 231 Å². The Bertz CT molecular complexity index is 3320. The average Bonchev–Trinajstić information content (AvgIpc) is 3.58. The van der Waals surface area contributed by atoms with E-state index in [-0.39, 0.29) is 5.41 Å². The van der Waals surface area contributed by atoms with Crippen LogP contribution in [0.5, 0.6) is 11.5 Å². The van der Waals surface area contributed by atoms with Crippen LogP contribution in [0, 0.1) is 0 Å². The van der Waals surface area contributed by atoms with Gasteiger partial charge in [-0.1, -0.05) is 166 Å². The van der Waals surface area contributed by atoms with Crippen LogP contribution in [0.3, 0.4) is 0 Å². The number of fused-ring (bicyclic) bond motifs is 5. The standard InChI is InChI=1S/C61H44N2O/c1-61(2)55-24-13-12-21-50(55)51-35-33-48(39-56(51)61)63(47-31-29-44(30-32-47)43-27-25-42(26-28-43)41-15-6-3-7-16-41)57-37-38-58-60-53(22-14-23-54(57)60)52-36-34-49(40-59(52)64-58)62(45-17-8-4-9-18-45)46-19-10-5-11-20-46/h3-40H,1-2H3. The maximum Gasteiger partial charge on any atom is 0.137 e. The summed E-state index contributed by atoms with van der Waals surface area (Å²) in [6.45, 7) is 4.70. The zero-order valence-electron chi connectivity index (χ0n) is 35.7. The van der Waals surface area contributed by atoms with Crippen molar-refractivity contribution in [2.45, 2.75) is 19.3 Å². The van der Waals surface area contributed by atoms with Crippen molar-refractivity contribution in [3.05, 3.63) is 242 Å². The summed E-state index contributed by atoms with van der Waals surface area (Å²) in [6, 6.07) is 83.1. The van der Waals surface area contributed by atoms with Crippen molar-refractivity contribution in [2.75, 3.05) is 9.80 Å². The first-order valence-corrected chi connectivity index (χ1v) is 22.1. The minimum Gasteiger partial charge on any atom is -0.456 e. The first-order valence-electron chi connectivity index (χ1n) is 22.1. The molecule has 3 nitrogen and oxygen atoms in total. The second kappa shape index (κ2) is 15.0. The fourth-order valence-electron chi connectivity index (χ4n) is 10.1. The Hall–Kier alpha value is -8.14. The molecule has 0 fully saturated rings. The van der Waals surface area contributed by atoms with E-state index in [4.69, 9.17) is 4.74 Å². The van der Waals surface area contributed by atoms with Gasteiger partial charge in [0.05, 0.1) is 5.69 Å². The number of ether oxygens (including phenoxy) is 1. The molecular weight excluding hydrogens is 777 g/mol. The molecule has 0 N–H and O–H groups in total. The predicted molar refractivity (Wildman–Crippen MR) is 267 cm³/mol. The summed E-state index contributed by atoms with van der Waals surface area (Å²) in [5, 5.41) is 2.24. The van der Waals surface area contributed by atoms with Gasteiger partial charge in [0.1, 0.15) is 11.5 Å². The van der Waals surface area contributed by atoms with Crippen molar-refractivity contribution >= 4 is 44.9 Å². The molecule has 10 aromatic carbocycles. The van der Waals surface area contributed by atoms with Crippen LogP contribution in [0.2, 0.25) is 0 Å². The second-order valence-electron chi connectivity index (χ2n) is 17.3. The first kappa shape index (κ1) is 37.6. The van der Waals surface area contributed by atoms with Crippen LogP contribution in [-0.2, 0) is 5.41 Å². The third-order valence-corrected chi connectivity index (χ3v) is 13.3. The Morgan fingerprint density at radius 1 is 0.328 bits per heavy atom. The van der Waals surface area contributed by atoms with E-state index < -0.39 is 0 Å². The zero-order valence-corrected chi connectivity index (χ0v) is 35.7. The third-order valence-electron chi connectivity index (χ3n) is 13.3. The van der Waals surface area contributed by atoms with Crippen molar-refractivity contribution in [3.8, 4) is 56.0 Å². The maximum atomic E-state index is 6.94. The third kappa shape index (κ3) is 6.20. The highest BCUT2D eigenvalue weighted by Gasteiger charge is 2.36. The van der Waals surface area contributed by atoms with E-state index in [1.54, 1.807) is 0 Å². The number of anilines is 6. The Balaban J connectivity index is 0.977. The summed E-state index contributed by atoms with van der Waals surface area (Å²) in [4.78, 5) is 4.71. The van der Waals surface area contributed by atoms with Gasteiger partial charge in [-0.3, -0.25) is 0 Å². The van der Waals surface area contributed by atoms with Crippen molar-refractivity contribution < 1.29 is 4.74 Å². The van der Waals surface area contributed by atoms with Gasteiger partial charge < -0.3 is 14.5 Å². The summed E-state index contributed by atoms with van der Waals surface area (Å²) in [6.07, 6.45) is 0. The second-order valence-corrected chi connectivity index (χ2v) is 17.3. The Morgan fingerprint density at radius 2 is 0.828 bits per heavy atom. The molecule has 0 aromatic heterocycles. The normalized spacial score (nSPS) is 12.8. The largest absolute Gasteiger partial charge is 0.456 e. The van der Waals surface area contributed by atoms with E-state index in [1.807, 2.05) is 0 Å². The van der Waals surface area contributed by atoms with Gasteiger partial charge in [-0.05, 0) is 123 Å². The molecule has 0 bridgehead atoms. The Kier molecular flexibility index (Phi) is 8.84. The zero-order chi connectivity index (χ0) is 42.8. The molecular formula is C61H44N2O. The van der Waals surface area contributed by atoms with Crippen LogP contribution in [0.25, 0.3) is 55.3 Å². The topological polar surface area (TPSA) is 15.7 Å². The summed E-state index contributed by atoms with van der Waals surface area (Å²) < 4.78 is 6.94. The van der Waals surface area contributed by atoms with Crippen molar-refractivity contribution in [2.24, 2.45) is 0 Å². The molecule has 0 saturated heterocycles. The van der Waals surface area contributed by atoms with E-state index in [0.717, 1.165) is 67.5 Å². The van der Waals surface area contributed by atoms with E-state index in [2.05, 4.69) is 254 Å². The molecule has 0 amide bonds.